The van der Waals surface area contributed by atoms with E-state index in [0.717, 1.165) is 18.5 Å². The molecule has 0 aromatic carbocycles. The standard InChI is InChI=1S/C9H14N2OS/c12-9(8-6-13-11-10-8)7-4-2-1-3-5-7/h6-7,9,12H,1-5H2. The zero-order valence-corrected chi connectivity index (χ0v) is 8.33. The van der Waals surface area contributed by atoms with Crippen molar-refractivity contribution in [1.29, 1.82) is 0 Å². The molecule has 0 saturated heterocycles. The van der Waals surface area contributed by atoms with Gasteiger partial charge >= 0.3 is 0 Å². The number of hydrogen-bond acceptors (Lipinski definition) is 4. The van der Waals surface area contributed by atoms with Gasteiger partial charge in [0.15, 0.2) is 0 Å². The molecule has 4 heteroatoms. The fourth-order valence-electron chi connectivity index (χ4n) is 1.99. The largest absolute Gasteiger partial charge is 0.386 e. The first-order valence-corrected chi connectivity index (χ1v) is 5.66. The first-order chi connectivity index (χ1) is 6.38. The molecule has 0 bridgehead atoms. The van der Waals surface area contributed by atoms with Crippen LogP contribution in [0.1, 0.15) is 43.9 Å². The fraction of sp³-hybridized carbons (Fsp3) is 0.778. The Morgan fingerprint density at radius 2 is 2.15 bits per heavy atom. The fourth-order valence-corrected chi connectivity index (χ4v) is 2.48. The molecular formula is C9H14N2OS. The summed E-state index contributed by atoms with van der Waals surface area (Å²) in [6.07, 6.45) is 5.72. The smallest absolute Gasteiger partial charge is 0.104 e. The molecule has 0 aliphatic heterocycles. The van der Waals surface area contributed by atoms with Crippen LogP contribution in [0, 0.1) is 5.92 Å². The average molecular weight is 198 g/mol. The molecule has 72 valence electrons. The van der Waals surface area contributed by atoms with Gasteiger partial charge in [-0.15, -0.1) is 5.10 Å². The van der Waals surface area contributed by atoms with Crippen LogP contribution in [0.4, 0.5) is 0 Å². The molecule has 1 saturated carbocycles. The van der Waals surface area contributed by atoms with Crippen molar-refractivity contribution in [3.05, 3.63) is 11.1 Å². The predicted molar refractivity (Wildman–Crippen MR) is 51.4 cm³/mol. The summed E-state index contributed by atoms with van der Waals surface area (Å²) in [6.45, 7) is 0. The number of aromatic nitrogens is 2. The molecule has 1 aliphatic carbocycles. The van der Waals surface area contributed by atoms with Crippen LogP contribution >= 0.6 is 11.5 Å². The molecule has 1 fully saturated rings. The lowest BCUT2D eigenvalue weighted by Crippen LogP contribution is -2.16. The van der Waals surface area contributed by atoms with Crippen molar-refractivity contribution < 1.29 is 5.11 Å². The highest BCUT2D eigenvalue weighted by atomic mass is 32.1. The van der Waals surface area contributed by atoms with E-state index in [-0.39, 0.29) is 6.10 Å². The van der Waals surface area contributed by atoms with Crippen molar-refractivity contribution in [3.8, 4) is 0 Å². The van der Waals surface area contributed by atoms with E-state index in [4.69, 9.17) is 0 Å². The summed E-state index contributed by atoms with van der Waals surface area (Å²) < 4.78 is 3.77. The lowest BCUT2D eigenvalue weighted by molar-refractivity contribution is 0.0811. The molecule has 1 aromatic heterocycles. The van der Waals surface area contributed by atoms with Gasteiger partial charge in [-0.05, 0) is 30.3 Å². The minimum Gasteiger partial charge on any atom is -0.386 e. The molecule has 0 spiro atoms. The van der Waals surface area contributed by atoms with E-state index in [0.29, 0.717) is 5.92 Å². The Kier molecular flexibility index (Phi) is 2.90. The Morgan fingerprint density at radius 3 is 2.77 bits per heavy atom. The van der Waals surface area contributed by atoms with E-state index in [2.05, 4.69) is 9.59 Å². The Labute approximate surface area is 82.0 Å². The van der Waals surface area contributed by atoms with Crippen LogP contribution in [-0.4, -0.2) is 14.7 Å². The van der Waals surface area contributed by atoms with Gasteiger partial charge in [-0.3, -0.25) is 0 Å². The van der Waals surface area contributed by atoms with E-state index in [1.165, 1.54) is 30.8 Å². The molecule has 1 atom stereocenters. The molecular weight excluding hydrogens is 184 g/mol. The average Bonchev–Trinajstić information content (AvgIpc) is 2.71. The Bertz CT molecular complexity index is 244. The zero-order chi connectivity index (χ0) is 9.10. The number of aliphatic hydroxyl groups is 1. The summed E-state index contributed by atoms with van der Waals surface area (Å²) in [7, 11) is 0. The number of aliphatic hydroxyl groups excluding tert-OH is 1. The lowest BCUT2D eigenvalue weighted by atomic mass is 9.84. The highest BCUT2D eigenvalue weighted by Crippen LogP contribution is 2.33. The lowest BCUT2D eigenvalue weighted by Gasteiger charge is -2.24. The van der Waals surface area contributed by atoms with Crippen molar-refractivity contribution in [2.45, 2.75) is 38.2 Å². The summed E-state index contributed by atoms with van der Waals surface area (Å²) in [5.41, 5.74) is 0.761. The minimum absolute atomic E-state index is 0.376. The van der Waals surface area contributed by atoms with Crippen LogP contribution < -0.4 is 0 Å². The Balaban J connectivity index is 1.99. The second-order valence-corrected chi connectivity index (χ2v) is 4.28. The minimum atomic E-state index is -0.376. The normalized spacial score (nSPS) is 21.6. The van der Waals surface area contributed by atoms with Crippen LogP contribution in [0.15, 0.2) is 5.38 Å². The quantitative estimate of drug-likeness (QED) is 0.792. The van der Waals surface area contributed by atoms with Crippen molar-refractivity contribution in [2.24, 2.45) is 5.92 Å². The van der Waals surface area contributed by atoms with E-state index in [9.17, 15) is 5.11 Å². The topological polar surface area (TPSA) is 46.0 Å². The maximum atomic E-state index is 9.94. The maximum Gasteiger partial charge on any atom is 0.104 e. The van der Waals surface area contributed by atoms with Gasteiger partial charge < -0.3 is 5.11 Å². The van der Waals surface area contributed by atoms with Crippen LogP contribution in [0.3, 0.4) is 0 Å². The van der Waals surface area contributed by atoms with Gasteiger partial charge in [-0.2, -0.15) is 0 Å². The first kappa shape index (κ1) is 9.09. The summed E-state index contributed by atoms with van der Waals surface area (Å²) in [6, 6.07) is 0. The number of hydrogen-bond donors (Lipinski definition) is 1. The van der Waals surface area contributed by atoms with Gasteiger partial charge in [-0.1, -0.05) is 23.8 Å². The second-order valence-electron chi connectivity index (χ2n) is 3.67. The van der Waals surface area contributed by atoms with Crippen LogP contribution in [0.2, 0.25) is 0 Å². The van der Waals surface area contributed by atoms with Crippen molar-refractivity contribution in [2.75, 3.05) is 0 Å². The number of rotatable bonds is 2. The maximum absolute atomic E-state index is 9.94. The van der Waals surface area contributed by atoms with Gasteiger partial charge in [0.05, 0.1) is 0 Å². The van der Waals surface area contributed by atoms with Crippen LogP contribution in [0.5, 0.6) is 0 Å². The first-order valence-electron chi connectivity index (χ1n) is 4.83. The van der Waals surface area contributed by atoms with Crippen LogP contribution in [0.25, 0.3) is 0 Å². The van der Waals surface area contributed by atoms with E-state index < -0.39 is 0 Å². The summed E-state index contributed by atoms with van der Waals surface area (Å²) in [5, 5.41) is 15.7. The Morgan fingerprint density at radius 1 is 1.38 bits per heavy atom. The molecule has 1 aliphatic rings. The monoisotopic (exact) mass is 198 g/mol. The number of nitrogens with zero attached hydrogens (tertiary/aromatic N) is 2. The van der Waals surface area contributed by atoms with Gasteiger partial charge in [0.2, 0.25) is 0 Å². The third-order valence-electron chi connectivity index (χ3n) is 2.78. The van der Waals surface area contributed by atoms with Gasteiger partial charge in [-0.25, -0.2) is 0 Å². The van der Waals surface area contributed by atoms with Gasteiger partial charge in [0, 0.05) is 5.38 Å². The van der Waals surface area contributed by atoms with E-state index in [1.807, 2.05) is 5.38 Å². The highest BCUT2D eigenvalue weighted by Gasteiger charge is 2.24. The molecule has 1 unspecified atom stereocenters. The highest BCUT2D eigenvalue weighted by molar-refractivity contribution is 7.03. The molecule has 13 heavy (non-hydrogen) atoms. The second kappa shape index (κ2) is 4.15. The summed E-state index contributed by atoms with van der Waals surface area (Å²) in [4.78, 5) is 0. The Hall–Kier alpha value is -0.480. The summed E-state index contributed by atoms with van der Waals surface area (Å²) in [5.74, 6) is 0.414. The van der Waals surface area contributed by atoms with Gasteiger partial charge in [0.25, 0.3) is 0 Å². The van der Waals surface area contributed by atoms with Crippen LogP contribution in [-0.2, 0) is 0 Å². The summed E-state index contributed by atoms with van der Waals surface area (Å²) >= 11 is 1.31. The van der Waals surface area contributed by atoms with Crippen molar-refractivity contribution in [3.63, 3.8) is 0 Å². The molecule has 3 nitrogen and oxygen atoms in total. The third-order valence-corrected chi connectivity index (χ3v) is 3.30. The predicted octanol–water partition coefficient (Wildman–Crippen LogP) is 2.15. The van der Waals surface area contributed by atoms with Crippen molar-refractivity contribution in [1.82, 2.24) is 9.59 Å². The molecule has 0 radical (unpaired) electrons. The van der Waals surface area contributed by atoms with Gasteiger partial charge in [0.1, 0.15) is 11.8 Å². The molecule has 0 amide bonds. The van der Waals surface area contributed by atoms with E-state index in [1.54, 1.807) is 0 Å². The zero-order valence-electron chi connectivity index (χ0n) is 7.52. The molecule has 1 heterocycles. The molecule has 1 N–H and O–H groups in total. The third kappa shape index (κ3) is 2.06. The van der Waals surface area contributed by atoms with Crippen molar-refractivity contribution >= 4 is 11.5 Å². The molecule has 2 rings (SSSR count). The SMILES string of the molecule is OC(c1csnn1)C1CCCCC1. The van der Waals surface area contributed by atoms with E-state index >= 15 is 0 Å². The molecule has 1 aromatic rings.